The second-order valence-electron chi connectivity index (χ2n) is 4.15. The Hall–Kier alpha value is -2.00. The molecular formula is C14H12ClN3. The number of aryl methyl sites for hydroxylation is 1. The van der Waals surface area contributed by atoms with E-state index >= 15 is 0 Å². The summed E-state index contributed by atoms with van der Waals surface area (Å²) in [6, 6.07) is 11.7. The summed E-state index contributed by atoms with van der Waals surface area (Å²) < 4.78 is 2.07. The predicted molar refractivity (Wildman–Crippen MR) is 75.4 cm³/mol. The first-order valence-corrected chi connectivity index (χ1v) is 6.04. The van der Waals surface area contributed by atoms with E-state index in [-0.39, 0.29) is 0 Å². The molecule has 0 fully saturated rings. The number of hydrogen-bond donors (Lipinski definition) is 1. The Labute approximate surface area is 110 Å². The van der Waals surface area contributed by atoms with Crippen LogP contribution in [-0.2, 0) is 7.05 Å². The van der Waals surface area contributed by atoms with Gasteiger partial charge in [-0.1, -0.05) is 17.7 Å². The van der Waals surface area contributed by atoms with Gasteiger partial charge < -0.3 is 9.88 Å². The molecule has 0 aliphatic heterocycles. The molecule has 18 heavy (non-hydrogen) atoms. The van der Waals surface area contributed by atoms with Crippen molar-refractivity contribution in [3.63, 3.8) is 0 Å². The molecule has 0 spiro atoms. The first-order chi connectivity index (χ1) is 8.74. The minimum absolute atomic E-state index is 0.709. The Morgan fingerprint density at radius 2 is 2.11 bits per heavy atom. The van der Waals surface area contributed by atoms with Crippen molar-refractivity contribution in [1.82, 2.24) is 9.55 Å². The van der Waals surface area contributed by atoms with E-state index in [0.29, 0.717) is 5.02 Å². The van der Waals surface area contributed by atoms with Gasteiger partial charge in [0, 0.05) is 35.5 Å². The second kappa shape index (κ2) is 4.35. The molecule has 0 aliphatic carbocycles. The molecule has 3 nitrogen and oxygen atoms in total. The Kier molecular flexibility index (Phi) is 2.68. The van der Waals surface area contributed by atoms with E-state index in [1.54, 1.807) is 6.20 Å². The van der Waals surface area contributed by atoms with Crippen LogP contribution >= 0.6 is 11.6 Å². The summed E-state index contributed by atoms with van der Waals surface area (Å²) in [5.41, 5.74) is 2.08. The molecule has 1 aromatic carbocycles. The highest BCUT2D eigenvalue weighted by atomic mass is 35.5. The molecule has 4 heteroatoms. The summed E-state index contributed by atoms with van der Waals surface area (Å²) in [6.45, 7) is 0. The molecular weight excluding hydrogens is 246 g/mol. The molecule has 0 bridgehead atoms. The largest absolute Gasteiger partial charge is 0.350 e. The number of nitrogens with one attached hydrogen (secondary N) is 1. The monoisotopic (exact) mass is 257 g/mol. The number of fused-ring (bicyclic) bond motifs is 1. The molecule has 0 saturated heterocycles. The Morgan fingerprint density at radius 3 is 2.94 bits per heavy atom. The van der Waals surface area contributed by atoms with E-state index in [2.05, 4.69) is 20.9 Å². The van der Waals surface area contributed by atoms with Gasteiger partial charge in [0.15, 0.2) is 0 Å². The Balaban J connectivity index is 2.05. The summed E-state index contributed by atoms with van der Waals surface area (Å²) in [6.07, 6.45) is 3.82. The summed E-state index contributed by atoms with van der Waals surface area (Å²) in [4.78, 5) is 4.38. The number of hydrogen-bond acceptors (Lipinski definition) is 2. The van der Waals surface area contributed by atoms with Gasteiger partial charge in [-0.3, -0.25) is 0 Å². The fourth-order valence-corrected chi connectivity index (χ4v) is 2.19. The van der Waals surface area contributed by atoms with Gasteiger partial charge >= 0.3 is 0 Å². The van der Waals surface area contributed by atoms with Gasteiger partial charge in [0.2, 0.25) is 0 Å². The van der Waals surface area contributed by atoms with Crippen LogP contribution < -0.4 is 5.32 Å². The fraction of sp³-hybridized carbons (Fsp3) is 0.0714. The topological polar surface area (TPSA) is 29.9 Å². The third kappa shape index (κ3) is 1.93. The normalized spacial score (nSPS) is 10.8. The number of nitrogens with zero attached hydrogens (tertiary/aromatic N) is 2. The van der Waals surface area contributed by atoms with Crippen LogP contribution in [0.5, 0.6) is 0 Å². The molecule has 0 amide bonds. The molecule has 3 aromatic rings. The minimum atomic E-state index is 0.709. The van der Waals surface area contributed by atoms with Crippen molar-refractivity contribution in [2.45, 2.75) is 0 Å². The van der Waals surface area contributed by atoms with E-state index in [1.807, 2.05) is 43.6 Å². The summed E-state index contributed by atoms with van der Waals surface area (Å²) in [5.74, 6) is 0.843. The average molecular weight is 258 g/mol. The number of pyridine rings is 1. The number of anilines is 2. The maximum Gasteiger partial charge on any atom is 0.139 e. The first kappa shape index (κ1) is 11.1. The highest BCUT2D eigenvalue weighted by molar-refractivity contribution is 6.30. The standard InChI is InChI=1S/C14H12ClN3/c1-18-8-6-12-13(18)5-7-16-14(12)17-11-4-2-3-10(15)9-11/h2-9H,1H3,(H,16,17). The molecule has 2 heterocycles. The molecule has 0 saturated carbocycles. The maximum absolute atomic E-state index is 5.97. The van der Waals surface area contributed by atoms with Crippen molar-refractivity contribution in [3.05, 3.63) is 53.8 Å². The Morgan fingerprint density at radius 1 is 1.22 bits per heavy atom. The van der Waals surface area contributed by atoms with Crippen LogP contribution in [0.3, 0.4) is 0 Å². The van der Waals surface area contributed by atoms with Gasteiger partial charge in [-0.15, -0.1) is 0 Å². The zero-order chi connectivity index (χ0) is 12.5. The third-order valence-corrected chi connectivity index (χ3v) is 3.13. The second-order valence-corrected chi connectivity index (χ2v) is 4.59. The van der Waals surface area contributed by atoms with Crippen LogP contribution in [0.4, 0.5) is 11.5 Å². The van der Waals surface area contributed by atoms with Crippen LogP contribution in [0, 0.1) is 0 Å². The molecule has 0 unspecified atom stereocenters. The van der Waals surface area contributed by atoms with Gasteiger partial charge in [0.1, 0.15) is 5.82 Å². The van der Waals surface area contributed by atoms with Crippen molar-refractivity contribution < 1.29 is 0 Å². The average Bonchev–Trinajstić information content (AvgIpc) is 2.73. The van der Waals surface area contributed by atoms with Gasteiger partial charge in [0.25, 0.3) is 0 Å². The molecule has 2 aromatic heterocycles. The number of rotatable bonds is 2. The lowest BCUT2D eigenvalue weighted by molar-refractivity contribution is 0.968. The van der Waals surface area contributed by atoms with Crippen molar-refractivity contribution >= 4 is 34.0 Å². The van der Waals surface area contributed by atoms with Gasteiger partial charge in [-0.25, -0.2) is 4.98 Å². The fourth-order valence-electron chi connectivity index (χ4n) is 2.00. The van der Waals surface area contributed by atoms with Gasteiger partial charge in [0.05, 0.1) is 5.52 Å². The van der Waals surface area contributed by atoms with Crippen LogP contribution in [0.25, 0.3) is 10.9 Å². The predicted octanol–water partition coefficient (Wildman–Crippen LogP) is 3.97. The maximum atomic E-state index is 5.97. The quantitative estimate of drug-likeness (QED) is 0.753. The van der Waals surface area contributed by atoms with Crippen molar-refractivity contribution in [2.24, 2.45) is 7.05 Å². The van der Waals surface area contributed by atoms with Crippen molar-refractivity contribution in [3.8, 4) is 0 Å². The molecule has 90 valence electrons. The SMILES string of the molecule is Cn1ccc2c(Nc3cccc(Cl)c3)nccc21. The lowest BCUT2D eigenvalue weighted by Crippen LogP contribution is -1.94. The van der Waals surface area contributed by atoms with Crippen LogP contribution in [0.15, 0.2) is 48.8 Å². The van der Waals surface area contributed by atoms with E-state index in [4.69, 9.17) is 11.6 Å². The highest BCUT2D eigenvalue weighted by Crippen LogP contribution is 2.25. The van der Waals surface area contributed by atoms with Crippen molar-refractivity contribution in [1.29, 1.82) is 0 Å². The van der Waals surface area contributed by atoms with E-state index < -0.39 is 0 Å². The third-order valence-electron chi connectivity index (χ3n) is 2.90. The van der Waals surface area contributed by atoms with Gasteiger partial charge in [-0.05, 0) is 30.3 Å². The van der Waals surface area contributed by atoms with Crippen LogP contribution in [0.1, 0.15) is 0 Å². The summed E-state index contributed by atoms with van der Waals surface area (Å²) in [5, 5.41) is 5.10. The smallest absolute Gasteiger partial charge is 0.139 e. The van der Waals surface area contributed by atoms with E-state index in [1.165, 1.54) is 0 Å². The zero-order valence-electron chi connectivity index (χ0n) is 9.89. The molecule has 0 atom stereocenters. The highest BCUT2D eigenvalue weighted by Gasteiger charge is 2.05. The van der Waals surface area contributed by atoms with E-state index in [9.17, 15) is 0 Å². The van der Waals surface area contributed by atoms with E-state index in [0.717, 1.165) is 22.4 Å². The number of halogens is 1. The minimum Gasteiger partial charge on any atom is -0.350 e. The first-order valence-electron chi connectivity index (χ1n) is 5.67. The zero-order valence-corrected chi connectivity index (χ0v) is 10.6. The number of aromatic nitrogens is 2. The molecule has 0 radical (unpaired) electrons. The lowest BCUT2D eigenvalue weighted by atomic mass is 10.2. The van der Waals surface area contributed by atoms with Crippen LogP contribution in [0.2, 0.25) is 5.02 Å². The van der Waals surface area contributed by atoms with Crippen molar-refractivity contribution in [2.75, 3.05) is 5.32 Å². The van der Waals surface area contributed by atoms with Gasteiger partial charge in [-0.2, -0.15) is 0 Å². The number of benzene rings is 1. The lowest BCUT2D eigenvalue weighted by Gasteiger charge is -2.07. The Bertz CT molecular complexity index is 703. The van der Waals surface area contributed by atoms with Crippen LogP contribution in [-0.4, -0.2) is 9.55 Å². The molecule has 1 N–H and O–H groups in total. The molecule has 0 aliphatic rings. The summed E-state index contributed by atoms with van der Waals surface area (Å²) in [7, 11) is 2.02. The summed E-state index contributed by atoms with van der Waals surface area (Å²) >= 11 is 5.97. The molecule has 3 rings (SSSR count).